The average molecular weight is 425 g/mol. The minimum Gasteiger partial charge on any atom is -0.252 e. The molecule has 32 heavy (non-hydrogen) atoms. The summed E-state index contributed by atoms with van der Waals surface area (Å²) in [6, 6.07) is 20.6. The molecule has 0 saturated heterocycles. The smallest absolute Gasteiger partial charge is 0.123 e. The van der Waals surface area contributed by atoms with Crippen LogP contribution in [0, 0.1) is 17.1 Å². The van der Waals surface area contributed by atoms with E-state index in [0.29, 0.717) is 5.56 Å². The van der Waals surface area contributed by atoms with Crippen molar-refractivity contribution in [1.82, 2.24) is 4.98 Å². The predicted molar refractivity (Wildman–Crippen MR) is 131 cm³/mol. The van der Waals surface area contributed by atoms with Crippen LogP contribution in [0.5, 0.6) is 0 Å². The van der Waals surface area contributed by atoms with Gasteiger partial charge in [-0.1, -0.05) is 54.6 Å². The summed E-state index contributed by atoms with van der Waals surface area (Å²) in [5.74, 6) is -0.204. The van der Waals surface area contributed by atoms with Gasteiger partial charge in [-0.05, 0) is 86.9 Å². The summed E-state index contributed by atoms with van der Waals surface area (Å²) in [7, 11) is 0. The first-order valence-electron chi connectivity index (χ1n) is 11.1. The van der Waals surface area contributed by atoms with Gasteiger partial charge in [0.1, 0.15) is 5.82 Å². The van der Waals surface area contributed by atoms with Gasteiger partial charge in [0.2, 0.25) is 0 Å². The van der Waals surface area contributed by atoms with E-state index in [1.165, 1.54) is 11.6 Å². The van der Waals surface area contributed by atoms with Gasteiger partial charge in [0.05, 0.1) is 17.3 Å². The average Bonchev–Trinajstić information content (AvgIpc) is 2.82. The fourth-order valence-corrected chi connectivity index (χ4v) is 3.75. The standard InChI is InChI=1S/C29H29FN2/c1-4-21(2)15-16-22(3)26-17-18-29(27-13-6-5-11-24(27)20-31)32-28(26)14-8-10-23-9-7-12-25(30)19-23/h4-7,9,11-13,17-19H,3,8,10,14-16H2,1-2H3/b21-4+. The van der Waals surface area contributed by atoms with Crippen molar-refractivity contribution in [3.8, 4) is 17.3 Å². The van der Waals surface area contributed by atoms with E-state index >= 15 is 0 Å². The summed E-state index contributed by atoms with van der Waals surface area (Å²) in [5.41, 5.74) is 7.69. The molecule has 0 bridgehead atoms. The number of hydrogen-bond donors (Lipinski definition) is 0. The van der Waals surface area contributed by atoms with Crippen molar-refractivity contribution in [1.29, 1.82) is 5.26 Å². The maximum atomic E-state index is 13.5. The Hall–Kier alpha value is -3.51. The summed E-state index contributed by atoms with van der Waals surface area (Å²) in [6.07, 6.45) is 6.37. The molecule has 1 heterocycles. The molecule has 0 aliphatic rings. The van der Waals surface area contributed by atoms with Crippen LogP contribution in [0.25, 0.3) is 16.8 Å². The third-order valence-electron chi connectivity index (χ3n) is 5.76. The van der Waals surface area contributed by atoms with Gasteiger partial charge in [0.15, 0.2) is 0 Å². The lowest BCUT2D eigenvalue weighted by molar-refractivity contribution is 0.624. The third-order valence-corrected chi connectivity index (χ3v) is 5.76. The molecule has 0 amide bonds. The highest BCUT2D eigenvalue weighted by atomic mass is 19.1. The van der Waals surface area contributed by atoms with Crippen LogP contribution in [-0.2, 0) is 12.8 Å². The number of aromatic nitrogens is 1. The first-order valence-corrected chi connectivity index (χ1v) is 11.1. The molecular weight excluding hydrogens is 395 g/mol. The molecular formula is C29H29FN2. The SMILES string of the molecule is C=C(CC/C(C)=C/C)c1ccc(-c2ccccc2C#N)nc1CCCc1cccc(F)c1. The van der Waals surface area contributed by atoms with Crippen molar-refractivity contribution in [2.45, 2.75) is 46.0 Å². The van der Waals surface area contributed by atoms with Gasteiger partial charge in [0.25, 0.3) is 0 Å². The highest BCUT2D eigenvalue weighted by Crippen LogP contribution is 2.28. The van der Waals surface area contributed by atoms with Gasteiger partial charge in [-0.15, -0.1) is 0 Å². The van der Waals surface area contributed by atoms with Gasteiger partial charge in [-0.2, -0.15) is 5.26 Å². The van der Waals surface area contributed by atoms with Gasteiger partial charge < -0.3 is 0 Å². The lowest BCUT2D eigenvalue weighted by Gasteiger charge is -2.14. The second-order valence-electron chi connectivity index (χ2n) is 8.07. The first kappa shape index (κ1) is 23.2. The maximum Gasteiger partial charge on any atom is 0.123 e. The summed E-state index contributed by atoms with van der Waals surface area (Å²) >= 11 is 0. The van der Waals surface area contributed by atoms with Crippen LogP contribution in [0.15, 0.2) is 78.9 Å². The lowest BCUT2D eigenvalue weighted by atomic mass is 9.95. The Balaban J connectivity index is 1.88. The Labute approximate surface area is 190 Å². The number of rotatable bonds is 9. The molecule has 0 fully saturated rings. The van der Waals surface area contributed by atoms with Crippen molar-refractivity contribution < 1.29 is 4.39 Å². The zero-order chi connectivity index (χ0) is 22.9. The number of nitrogens with zero attached hydrogens (tertiary/aromatic N) is 2. The van der Waals surface area contributed by atoms with Gasteiger partial charge in [-0.25, -0.2) is 4.39 Å². The van der Waals surface area contributed by atoms with E-state index in [1.54, 1.807) is 12.1 Å². The Morgan fingerprint density at radius 1 is 1.06 bits per heavy atom. The van der Waals surface area contributed by atoms with Gasteiger partial charge >= 0.3 is 0 Å². The fraction of sp³-hybridized carbons (Fsp3) is 0.241. The number of benzene rings is 2. The highest BCUT2D eigenvalue weighted by molar-refractivity contribution is 5.71. The van der Waals surface area contributed by atoms with E-state index in [9.17, 15) is 9.65 Å². The molecule has 3 rings (SSSR count). The minimum absolute atomic E-state index is 0.204. The van der Waals surface area contributed by atoms with E-state index in [-0.39, 0.29) is 5.82 Å². The molecule has 0 N–H and O–H groups in total. The summed E-state index contributed by atoms with van der Waals surface area (Å²) < 4.78 is 13.5. The lowest BCUT2D eigenvalue weighted by Crippen LogP contribution is -2.02. The largest absolute Gasteiger partial charge is 0.252 e. The van der Waals surface area contributed by atoms with Crippen LogP contribution in [0.2, 0.25) is 0 Å². The zero-order valence-electron chi connectivity index (χ0n) is 18.9. The molecule has 0 atom stereocenters. The number of hydrogen-bond acceptors (Lipinski definition) is 2. The number of allylic oxidation sites excluding steroid dienone is 3. The molecule has 0 spiro atoms. The molecule has 2 aromatic carbocycles. The van der Waals surface area contributed by atoms with E-state index < -0.39 is 0 Å². The molecule has 2 nitrogen and oxygen atoms in total. The van der Waals surface area contributed by atoms with Crippen LogP contribution in [0.3, 0.4) is 0 Å². The second kappa shape index (κ2) is 11.2. The highest BCUT2D eigenvalue weighted by Gasteiger charge is 2.13. The fourth-order valence-electron chi connectivity index (χ4n) is 3.75. The van der Waals surface area contributed by atoms with Crippen LogP contribution >= 0.6 is 0 Å². The van der Waals surface area contributed by atoms with Crippen molar-refractivity contribution in [2.75, 3.05) is 0 Å². The van der Waals surface area contributed by atoms with Crippen LogP contribution in [0.4, 0.5) is 4.39 Å². The van der Waals surface area contributed by atoms with Crippen molar-refractivity contribution in [2.24, 2.45) is 0 Å². The predicted octanol–water partition coefficient (Wildman–Crippen LogP) is 7.69. The van der Waals surface area contributed by atoms with E-state index in [4.69, 9.17) is 4.98 Å². The molecule has 1 aromatic heterocycles. The van der Waals surface area contributed by atoms with E-state index in [1.807, 2.05) is 36.4 Å². The number of pyridine rings is 1. The Bertz CT molecular complexity index is 1170. The normalized spacial score (nSPS) is 11.2. The number of aryl methyl sites for hydroxylation is 2. The third kappa shape index (κ3) is 6.02. The molecule has 3 heteroatoms. The van der Waals surface area contributed by atoms with Crippen LogP contribution in [0.1, 0.15) is 55.5 Å². The second-order valence-corrected chi connectivity index (χ2v) is 8.07. The molecule has 0 saturated carbocycles. The van der Waals surface area contributed by atoms with Gasteiger partial charge in [-0.3, -0.25) is 4.98 Å². The Morgan fingerprint density at radius 3 is 2.62 bits per heavy atom. The molecule has 3 aromatic rings. The quantitative estimate of drug-likeness (QED) is 0.330. The van der Waals surface area contributed by atoms with Gasteiger partial charge in [0, 0.05) is 11.3 Å². The van der Waals surface area contributed by atoms with Crippen molar-refractivity contribution in [3.63, 3.8) is 0 Å². The molecule has 0 radical (unpaired) electrons. The minimum atomic E-state index is -0.204. The number of nitriles is 1. The topological polar surface area (TPSA) is 36.7 Å². The zero-order valence-corrected chi connectivity index (χ0v) is 18.9. The molecule has 0 aliphatic carbocycles. The van der Waals surface area contributed by atoms with Crippen LogP contribution in [-0.4, -0.2) is 4.98 Å². The van der Waals surface area contributed by atoms with Crippen LogP contribution < -0.4 is 0 Å². The summed E-state index contributed by atoms with van der Waals surface area (Å²) in [4.78, 5) is 4.97. The summed E-state index contributed by atoms with van der Waals surface area (Å²) in [5, 5.41) is 9.50. The Morgan fingerprint density at radius 2 is 1.88 bits per heavy atom. The summed E-state index contributed by atoms with van der Waals surface area (Å²) in [6.45, 7) is 8.52. The molecule has 0 unspecified atom stereocenters. The van der Waals surface area contributed by atoms with Crippen molar-refractivity contribution >= 4 is 5.57 Å². The molecule has 162 valence electrons. The maximum absolute atomic E-state index is 13.5. The first-order chi connectivity index (χ1) is 15.5. The number of halogens is 1. The Kier molecular flexibility index (Phi) is 8.11. The van der Waals surface area contributed by atoms with Crippen molar-refractivity contribution in [3.05, 3.63) is 107 Å². The monoisotopic (exact) mass is 424 g/mol. The van der Waals surface area contributed by atoms with E-state index in [0.717, 1.165) is 65.8 Å². The van der Waals surface area contributed by atoms with E-state index in [2.05, 4.69) is 38.6 Å². The molecule has 0 aliphatic heterocycles.